The van der Waals surface area contributed by atoms with Crippen molar-refractivity contribution in [3.63, 3.8) is 0 Å². The first-order chi connectivity index (χ1) is 13.7. The number of carbonyl (C=O) groups is 1. The van der Waals surface area contributed by atoms with Crippen molar-refractivity contribution in [2.45, 2.75) is 6.42 Å². The molecule has 1 N–H and O–H groups in total. The highest BCUT2D eigenvalue weighted by Gasteiger charge is 2.23. The van der Waals surface area contributed by atoms with Crippen molar-refractivity contribution in [1.82, 2.24) is 15.0 Å². The molecular formula is C20H16N4O3S. The summed E-state index contributed by atoms with van der Waals surface area (Å²) in [5.74, 6) is -0.507. The number of hydrogen-bond donors (Lipinski definition) is 1. The Kier molecular flexibility index (Phi) is 4.96. The van der Waals surface area contributed by atoms with Gasteiger partial charge < -0.3 is 4.98 Å². The van der Waals surface area contributed by atoms with Gasteiger partial charge in [0, 0.05) is 12.6 Å². The second-order valence-electron chi connectivity index (χ2n) is 5.97. The molecule has 0 spiro atoms. The first-order valence-corrected chi connectivity index (χ1v) is 9.34. The van der Waals surface area contributed by atoms with Crippen LogP contribution in [0.5, 0.6) is 0 Å². The topological polar surface area (TPSA) is 88.2 Å². The summed E-state index contributed by atoms with van der Waals surface area (Å²) in [5, 5.41) is 1.48. The lowest BCUT2D eigenvalue weighted by Crippen LogP contribution is -2.32. The van der Waals surface area contributed by atoms with Crippen LogP contribution in [0.1, 0.15) is 21.7 Å². The van der Waals surface area contributed by atoms with Gasteiger partial charge in [0.2, 0.25) is 5.13 Å². The van der Waals surface area contributed by atoms with Crippen molar-refractivity contribution >= 4 is 32.6 Å². The van der Waals surface area contributed by atoms with E-state index in [4.69, 9.17) is 4.84 Å². The fourth-order valence-electron chi connectivity index (χ4n) is 2.76. The largest absolute Gasteiger partial charge is 0.325 e. The number of aromatic nitrogens is 3. The Morgan fingerprint density at radius 1 is 1.11 bits per heavy atom. The zero-order chi connectivity index (χ0) is 19.5. The summed E-state index contributed by atoms with van der Waals surface area (Å²) in [5.41, 5.74) is 1.71. The highest BCUT2D eigenvalue weighted by atomic mass is 32.1. The van der Waals surface area contributed by atoms with Crippen LogP contribution < -0.4 is 10.6 Å². The van der Waals surface area contributed by atoms with Crippen molar-refractivity contribution in [3.05, 3.63) is 88.1 Å². The Labute approximate surface area is 164 Å². The van der Waals surface area contributed by atoms with Gasteiger partial charge in [0.25, 0.3) is 5.56 Å². The molecule has 2 heterocycles. The number of para-hydroxylation sites is 1. The molecule has 0 aliphatic heterocycles. The molecule has 0 atom stereocenters. The number of amides is 1. The average molecular weight is 392 g/mol. The fraction of sp³-hybridized carbons (Fsp3) is 0.100. The summed E-state index contributed by atoms with van der Waals surface area (Å²) in [6, 6.07) is 17.0. The molecule has 2 aromatic carbocycles. The number of nitrogens with zero attached hydrogens (tertiary/aromatic N) is 3. The SMILES string of the molecule is CON(C(=O)c1c[nH]c(=O)c(Cc2ccccc2)n1)c1nc2ccccc2s1. The number of anilines is 1. The number of nitrogens with one attached hydrogen (secondary N) is 1. The molecule has 0 radical (unpaired) electrons. The number of thiazole rings is 1. The molecule has 7 nitrogen and oxygen atoms in total. The molecule has 4 aromatic rings. The second-order valence-corrected chi connectivity index (χ2v) is 6.98. The summed E-state index contributed by atoms with van der Waals surface area (Å²) in [6.45, 7) is 0. The standard InChI is InChI=1S/C20H16N4O3S/c1-27-24(20-23-14-9-5-6-10-17(14)28-20)19(26)16-12-21-18(25)15(22-16)11-13-7-3-2-4-8-13/h2-10,12H,11H2,1H3,(H,21,25). The minimum Gasteiger partial charge on any atom is -0.325 e. The van der Waals surface area contributed by atoms with Crippen molar-refractivity contribution in [2.75, 3.05) is 12.2 Å². The minimum atomic E-state index is -0.507. The number of hydroxylamine groups is 1. The summed E-state index contributed by atoms with van der Waals surface area (Å²) < 4.78 is 0.937. The van der Waals surface area contributed by atoms with Gasteiger partial charge in [-0.3, -0.25) is 14.4 Å². The Morgan fingerprint density at radius 2 is 1.86 bits per heavy atom. The van der Waals surface area contributed by atoms with Crippen LogP contribution in [0.4, 0.5) is 5.13 Å². The van der Waals surface area contributed by atoms with Gasteiger partial charge in [-0.15, -0.1) is 0 Å². The number of rotatable bonds is 5. The van der Waals surface area contributed by atoms with Crippen LogP contribution in [0.3, 0.4) is 0 Å². The lowest BCUT2D eigenvalue weighted by atomic mass is 10.1. The molecular weight excluding hydrogens is 376 g/mol. The van der Waals surface area contributed by atoms with Crippen LogP contribution in [0, 0.1) is 0 Å². The predicted octanol–water partition coefficient (Wildman–Crippen LogP) is 3.18. The van der Waals surface area contributed by atoms with Crippen molar-refractivity contribution in [3.8, 4) is 0 Å². The van der Waals surface area contributed by atoms with Crippen LogP contribution >= 0.6 is 11.3 Å². The lowest BCUT2D eigenvalue weighted by molar-refractivity contribution is 0.0767. The monoisotopic (exact) mass is 392 g/mol. The number of carbonyl (C=O) groups excluding carboxylic acids is 1. The zero-order valence-electron chi connectivity index (χ0n) is 15.0. The zero-order valence-corrected chi connectivity index (χ0v) is 15.8. The van der Waals surface area contributed by atoms with E-state index in [0.717, 1.165) is 20.8 Å². The molecule has 28 heavy (non-hydrogen) atoms. The summed E-state index contributed by atoms with van der Waals surface area (Å²) in [6.07, 6.45) is 1.61. The van der Waals surface area contributed by atoms with E-state index in [-0.39, 0.29) is 16.9 Å². The average Bonchev–Trinajstić information content (AvgIpc) is 3.14. The second kappa shape index (κ2) is 7.71. The maximum atomic E-state index is 13.0. The maximum absolute atomic E-state index is 13.0. The number of fused-ring (bicyclic) bond motifs is 1. The van der Waals surface area contributed by atoms with E-state index in [1.165, 1.54) is 24.6 Å². The van der Waals surface area contributed by atoms with Gasteiger partial charge in [-0.2, -0.15) is 5.06 Å². The van der Waals surface area contributed by atoms with Crippen molar-refractivity contribution in [1.29, 1.82) is 0 Å². The van der Waals surface area contributed by atoms with E-state index < -0.39 is 5.91 Å². The molecule has 4 rings (SSSR count). The highest BCUT2D eigenvalue weighted by molar-refractivity contribution is 7.22. The van der Waals surface area contributed by atoms with Crippen molar-refractivity contribution in [2.24, 2.45) is 0 Å². The van der Waals surface area contributed by atoms with E-state index in [9.17, 15) is 9.59 Å². The third-order valence-electron chi connectivity index (χ3n) is 4.11. The number of H-pyrrole nitrogens is 1. The van der Waals surface area contributed by atoms with Gasteiger partial charge >= 0.3 is 5.91 Å². The Morgan fingerprint density at radius 3 is 2.61 bits per heavy atom. The molecule has 0 aliphatic rings. The normalized spacial score (nSPS) is 10.9. The van der Waals surface area contributed by atoms with E-state index in [1.54, 1.807) is 0 Å². The van der Waals surface area contributed by atoms with E-state index in [2.05, 4.69) is 15.0 Å². The van der Waals surface area contributed by atoms with E-state index >= 15 is 0 Å². The van der Waals surface area contributed by atoms with Crippen molar-refractivity contribution < 1.29 is 9.63 Å². The molecule has 2 aromatic heterocycles. The van der Waals surface area contributed by atoms with Gasteiger partial charge in [-0.1, -0.05) is 53.8 Å². The molecule has 1 amide bonds. The van der Waals surface area contributed by atoms with E-state index in [0.29, 0.717) is 11.6 Å². The lowest BCUT2D eigenvalue weighted by Gasteiger charge is -2.15. The molecule has 0 bridgehead atoms. The van der Waals surface area contributed by atoms with Crippen LogP contribution in [-0.2, 0) is 11.3 Å². The molecule has 140 valence electrons. The predicted molar refractivity (Wildman–Crippen MR) is 108 cm³/mol. The Bertz CT molecular complexity index is 1150. The number of hydrogen-bond acceptors (Lipinski definition) is 6. The number of benzene rings is 2. The summed E-state index contributed by atoms with van der Waals surface area (Å²) in [7, 11) is 1.39. The molecule has 8 heteroatoms. The Balaban J connectivity index is 1.66. The van der Waals surface area contributed by atoms with Crippen LogP contribution in [-0.4, -0.2) is 28.0 Å². The molecule has 0 saturated heterocycles. The maximum Gasteiger partial charge on any atom is 0.304 e. The smallest absolute Gasteiger partial charge is 0.304 e. The minimum absolute atomic E-state index is 0.0756. The van der Waals surface area contributed by atoms with Gasteiger partial charge in [0.05, 0.1) is 17.3 Å². The Hall–Kier alpha value is -3.36. The van der Waals surface area contributed by atoms with E-state index in [1.807, 2.05) is 54.6 Å². The van der Waals surface area contributed by atoms with Crippen LogP contribution in [0.2, 0.25) is 0 Å². The van der Waals surface area contributed by atoms with Gasteiger partial charge in [-0.05, 0) is 17.7 Å². The van der Waals surface area contributed by atoms with Gasteiger partial charge in [0.15, 0.2) is 0 Å². The first-order valence-electron chi connectivity index (χ1n) is 8.52. The third kappa shape index (κ3) is 3.55. The quantitative estimate of drug-likeness (QED) is 0.527. The first kappa shape index (κ1) is 18.0. The van der Waals surface area contributed by atoms with Gasteiger partial charge in [-0.25, -0.2) is 9.97 Å². The molecule has 0 saturated carbocycles. The highest BCUT2D eigenvalue weighted by Crippen LogP contribution is 2.29. The molecule has 0 aliphatic carbocycles. The van der Waals surface area contributed by atoms with Crippen LogP contribution in [0.15, 0.2) is 65.6 Å². The molecule has 0 fully saturated rings. The van der Waals surface area contributed by atoms with Crippen LogP contribution in [0.25, 0.3) is 10.2 Å². The van der Waals surface area contributed by atoms with Gasteiger partial charge in [0.1, 0.15) is 11.4 Å². The third-order valence-corrected chi connectivity index (χ3v) is 5.12. The molecule has 0 unspecified atom stereocenters. The fourth-order valence-corrected chi connectivity index (χ4v) is 3.71. The summed E-state index contributed by atoms with van der Waals surface area (Å²) in [4.78, 5) is 41.7. The summed E-state index contributed by atoms with van der Waals surface area (Å²) >= 11 is 1.33. The number of aromatic amines is 1.